The monoisotopic (exact) mass is 456 g/mol. The Labute approximate surface area is 184 Å². The van der Waals surface area contributed by atoms with E-state index in [4.69, 9.17) is 23.5 Å². The molecule has 0 bridgehead atoms. The van der Waals surface area contributed by atoms with Gasteiger partial charge in [-0.05, 0) is 25.3 Å². The number of esters is 2. The van der Waals surface area contributed by atoms with Gasteiger partial charge in [0.05, 0.1) is 13.2 Å². The second-order valence-corrected chi connectivity index (χ2v) is 10.4. The molecule has 174 valence electrons. The molecule has 1 heterocycles. The van der Waals surface area contributed by atoms with Crippen molar-refractivity contribution in [1.82, 2.24) is 0 Å². The van der Waals surface area contributed by atoms with Crippen molar-refractivity contribution in [2.45, 2.75) is 71.2 Å². The van der Waals surface area contributed by atoms with Crippen molar-refractivity contribution >= 4 is 19.3 Å². The number of benzene rings is 1. The predicted octanol–water partition coefficient (Wildman–Crippen LogP) is 3.91. The van der Waals surface area contributed by atoms with Gasteiger partial charge in [0, 0.05) is 26.7 Å². The van der Waals surface area contributed by atoms with Crippen LogP contribution in [0.4, 0.5) is 0 Å². The quantitative estimate of drug-likeness (QED) is 0.365. The molecule has 5 atom stereocenters. The summed E-state index contributed by atoms with van der Waals surface area (Å²) in [6.45, 7) is 8.40. The highest BCUT2D eigenvalue weighted by molar-refractivity contribution is 7.58. The summed E-state index contributed by atoms with van der Waals surface area (Å²) >= 11 is 0. The Hall–Kier alpha value is -1.73. The van der Waals surface area contributed by atoms with Gasteiger partial charge >= 0.3 is 11.9 Å². The Balaban J connectivity index is 2.34. The maximum absolute atomic E-state index is 12.7. The fraction of sp³-hybridized carbons (Fsp3) is 0.636. The first-order chi connectivity index (χ1) is 14.6. The lowest BCUT2D eigenvalue weighted by Gasteiger charge is -2.34. The van der Waals surface area contributed by atoms with Crippen LogP contribution in [0.1, 0.15) is 46.1 Å². The first-order valence-electron chi connectivity index (χ1n) is 10.5. The zero-order valence-corrected chi connectivity index (χ0v) is 19.8. The molecule has 2 unspecified atom stereocenters. The number of rotatable bonds is 11. The Bertz CT molecular complexity index is 783. The Morgan fingerprint density at radius 3 is 2.29 bits per heavy atom. The van der Waals surface area contributed by atoms with E-state index in [-0.39, 0.29) is 12.8 Å². The molecule has 1 fully saturated rings. The van der Waals surface area contributed by atoms with E-state index < -0.39 is 43.4 Å². The van der Waals surface area contributed by atoms with Crippen molar-refractivity contribution in [3.63, 3.8) is 0 Å². The van der Waals surface area contributed by atoms with Gasteiger partial charge in [0.2, 0.25) is 6.29 Å². The second kappa shape index (κ2) is 11.2. The van der Waals surface area contributed by atoms with Crippen molar-refractivity contribution in [3.8, 4) is 0 Å². The lowest BCUT2D eigenvalue weighted by molar-refractivity contribution is -0.205. The first kappa shape index (κ1) is 25.5. The van der Waals surface area contributed by atoms with Crippen LogP contribution in [-0.2, 0) is 44.2 Å². The minimum absolute atomic E-state index is 0.246. The Morgan fingerprint density at radius 1 is 1.10 bits per heavy atom. The number of ether oxygens (including phenoxy) is 4. The van der Waals surface area contributed by atoms with Gasteiger partial charge in [-0.3, -0.25) is 14.2 Å². The van der Waals surface area contributed by atoms with E-state index >= 15 is 0 Å². The summed E-state index contributed by atoms with van der Waals surface area (Å²) in [4.78, 5) is 23.5. The van der Waals surface area contributed by atoms with Gasteiger partial charge in [-0.2, -0.15) is 0 Å². The van der Waals surface area contributed by atoms with Gasteiger partial charge < -0.3 is 23.5 Å². The fourth-order valence-electron chi connectivity index (χ4n) is 3.77. The molecular formula is C22H33O8P. The van der Waals surface area contributed by atoms with Crippen LogP contribution in [0.5, 0.6) is 0 Å². The van der Waals surface area contributed by atoms with E-state index in [1.807, 2.05) is 37.3 Å². The number of hydrogen-bond donors (Lipinski definition) is 0. The third-order valence-electron chi connectivity index (χ3n) is 5.23. The van der Waals surface area contributed by atoms with Crippen LogP contribution in [0, 0.1) is 0 Å². The summed E-state index contributed by atoms with van der Waals surface area (Å²) in [5.74, 6) is -1.10. The largest absolute Gasteiger partial charge is 0.453 e. The molecule has 0 saturated carbocycles. The van der Waals surface area contributed by atoms with Gasteiger partial charge in [0.1, 0.15) is 11.7 Å². The molecule has 0 amide bonds. The van der Waals surface area contributed by atoms with Crippen molar-refractivity contribution < 1.29 is 37.6 Å². The van der Waals surface area contributed by atoms with Crippen molar-refractivity contribution in [3.05, 3.63) is 35.9 Å². The van der Waals surface area contributed by atoms with Crippen LogP contribution < -0.4 is 0 Å². The summed E-state index contributed by atoms with van der Waals surface area (Å²) in [7, 11) is -2.85. The van der Waals surface area contributed by atoms with E-state index in [9.17, 15) is 14.2 Å². The second-order valence-electron chi connectivity index (χ2n) is 7.71. The lowest BCUT2D eigenvalue weighted by atomic mass is 9.89. The molecule has 2 rings (SSSR count). The predicted molar refractivity (Wildman–Crippen MR) is 115 cm³/mol. The SMILES string of the molecule is CCOP(C)(=O)CC[C@]1(CC)O[C@@H](OC(C)=O)[C@@H](OC(C)=O)C1OCc1ccccc1. The average molecular weight is 456 g/mol. The highest BCUT2D eigenvalue weighted by atomic mass is 31.2. The zero-order chi connectivity index (χ0) is 23.1. The summed E-state index contributed by atoms with van der Waals surface area (Å²) in [5, 5.41) is 0. The molecule has 0 aliphatic carbocycles. The molecule has 0 spiro atoms. The maximum atomic E-state index is 12.7. The number of carbonyl (C=O) groups excluding carboxylic acids is 2. The normalized spacial score (nSPS) is 27.5. The van der Waals surface area contributed by atoms with E-state index in [1.54, 1.807) is 13.6 Å². The van der Waals surface area contributed by atoms with E-state index in [2.05, 4.69) is 0 Å². The van der Waals surface area contributed by atoms with Crippen LogP contribution in [0.2, 0.25) is 0 Å². The number of carbonyl (C=O) groups is 2. The van der Waals surface area contributed by atoms with Crippen LogP contribution in [0.15, 0.2) is 30.3 Å². The Kier molecular flexibility index (Phi) is 9.25. The van der Waals surface area contributed by atoms with Gasteiger partial charge in [-0.1, -0.05) is 37.3 Å². The third-order valence-corrected chi connectivity index (χ3v) is 7.07. The molecule has 1 saturated heterocycles. The summed E-state index contributed by atoms with van der Waals surface area (Å²) in [6.07, 6.45) is -1.76. The number of hydrogen-bond acceptors (Lipinski definition) is 8. The average Bonchev–Trinajstić information content (AvgIpc) is 2.97. The Morgan fingerprint density at radius 2 is 1.74 bits per heavy atom. The van der Waals surface area contributed by atoms with E-state index in [0.29, 0.717) is 19.4 Å². The minimum atomic E-state index is -2.85. The molecule has 8 nitrogen and oxygen atoms in total. The molecule has 1 aromatic carbocycles. The molecular weight excluding hydrogens is 423 g/mol. The van der Waals surface area contributed by atoms with E-state index in [0.717, 1.165) is 5.56 Å². The highest BCUT2D eigenvalue weighted by Crippen LogP contribution is 2.48. The minimum Gasteiger partial charge on any atom is -0.453 e. The summed E-state index contributed by atoms with van der Waals surface area (Å²) in [6, 6.07) is 9.55. The summed E-state index contributed by atoms with van der Waals surface area (Å²) in [5.41, 5.74) is -0.0434. The molecule has 9 heteroatoms. The lowest BCUT2D eigenvalue weighted by Crippen LogP contribution is -2.46. The molecule has 31 heavy (non-hydrogen) atoms. The zero-order valence-electron chi connectivity index (χ0n) is 18.9. The smallest absolute Gasteiger partial charge is 0.305 e. The third kappa shape index (κ3) is 7.14. The van der Waals surface area contributed by atoms with Gasteiger partial charge in [-0.25, -0.2) is 0 Å². The van der Waals surface area contributed by atoms with Crippen molar-refractivity contribution in [2.75, 3.05) is 19.4 Å². The summed E-state index contributed by atoms with van der Waals surface area (Å²) < 4.78 is 41.4. The standard InChI is InChI=1S/C22H33O8P/c1-6-22(13-14-31(5,25)27-7-2)20(26-15-18-11-9-8-10-12-18)19(28-16(3)23)21(30-22)29-17(4)24/h8-12,19-21H,6-7,13-15H2,1-5H3/t19-,20?,21+,22-,31?/m0/s1. The topological polar surface area (TPSA) is 97.4 Å². The first-order valence-corrected chi connectivity index (χ1v) is 12.8. The van der Waals surface area contributed by atoms with Crippen LogP contribution in [0.25, 0.3) is 0 Å². The van der Waals surface area contributed by atoms with Gasteiger partial charge in [-0.15, -0.1) is 0 Å². The molecule has 0 radical (unpaired) electrons. The fourth-order valence-corrected chi connectivity index (χ4v) is 5.23. The van der Waals surface area contributed by atoms with Gasteiger partial charge in [0.15, 0.2) is 13.5 Å². The van der Waals surface area contributed by atoms with Crippen LogP contribution >= 0.6 is 7.37 Å². The molecule has 1 aromatic rings. The van der Waals surface area contributed by atoms with Crippen LogP contribution in [0.3, 0.4) is 0 Å². The highest BCUT2D eigenvalue weighted by Gasteiger charge is 2.58. The van der Waals surface area contributed by atoms with Crippen LogP contribution in [-0.4, -0.2) is 55.5 Å². The van der Waals surface area contributed by atoms with Gasteiger partial charge in [0.25, 0.3) is 0 Å². The molecule has 0 N–H and O–H groups in total. The molecule has 1 aliphatic heterocycles. The van der Waals surface area contributed by atoms with Crippen molar-refractivity contribution in [2.24, 2.45) is 0 Å². The molecule has 0 aromatic heterocycles. The maximum Gasteiger partial charge on any atom is 0.305 e. The molecule has 1 aliphatic rings. The van der Waals surface area contributed by atoms with E-state index in [1.165, 1.54) is 13.8 Å². The van der Waals surface area contributed by atoms with Crippen molar-refractivity contribution in [1.29, 1.82) is 0 Å².